The molecule has 0 amide bonds. The largest absolute Gasteiger partial charge is 0.492 e. The molecule has 0 spiro atoms. The molecule has 2 saturated carbocycles. The van der Waals surface area contributed by atoms with Crippen LogP contribution in [0.15, 0.2) is 15.7 Å². The Balaban J connectivity index is 1.53. The molecular weight excluding hydrogens is 427 g/mol. The minimum atomic E-state index is -0.731. The Labute approximate surface area is 190 Å². The smallest absolute Gasteiger partial charge is 0.350 e. The Bertz CT molecular complexity index is 1260. The standard InChI is InChI=1S/C23H29FN6O3/c1-3-28(10-4-9-25)23(7-8-23)14-12-27(13-14)19-17(24)11-16-18(20(19)33-2)29(15-5-6-15)22(32)30(26)21(16)31/h11,14-15H,3-8,10,12-13,26H2,1-2H3. The maximum absolute atomic E-state index is 15.4. The molecule has 1 aromatic carbocycles. The summed E-state index contributed by atoms with van der Waals surface area (Å²) in [5, 5.41) is 9.05. The third-order valence-electron chi connectivity index (χ3n) is 7.63. The normalized spacial score (nSPS) is 19.5. The van der Waals surface area contributed by atoms with Crippen LogP contribution in [0.25, 0.3) is 10.9 Å². The highest BCUT2D eigenvalue weighted by Crippen LogP contribution is 2.53. The van der Waals surface area contributed by atoms with Crippen molar-refractivity contribution in [2.45, 2.75) is 50.6 Å². The first-order chi connectivity index (χ1) is 15.9. The van der Waals surface area contributed by atoms with E-state index >= 15 is 4.39 Å². The van der Waals surface area contributed by atoms with Gasteiger partial charge in [0.15, 0.2) is 11.6 Å². The molecule has 2 aromatic rings. The van der Waals surface area contributed by atoms with E-state index in [0.29, 0.717) is 41.3 Å². The molecule has 33 heavy (non-hydrogen) atoms. The minimum Gasteiger partial charge on any atom is -0.492 e. The first kappa shape index (κ1) is 21.8. The van der Waals surface area contributed by atoms with Gasteiger partial charge in [-0.2, -0.15) is 9.94 Å². The quantitative estimate of drug-likeness (QED) is 0.601. The number of nitrogens with zero attached hydrogens (tertiary/aromatic N) is 5. The van der Waals surface area contributed by atoms with Gasteiger partial charge in [-0.1, -0.05) is 6.92 Å². The Hall–Kier alpha value is -3.06. The average molecular weight is 457 g/mol. The summed E-state index contributed by atoms with van der Waals surface area (Å²) in [7, 11) is 1.44. The minimum absolute atomic E-state index is 0.0477. The Morgan fingerprint density at radius 2 is 2.03 bits per heavy atom. The number of hydrogen-bond acceptors (Lipinski definition) is 7. The number of nitrogen functional groups attached to an aromatic ring is 1. The molecule has 3 aliphatic rings. The zero-order valence-electron chi connectivity index (χ0n) is 19.0. The molecule has 0 atom stereocenters. The Morgan fingerprint density at radius 3 is 2.58 bits per heavy atom. The monoisotopic (exact) mass is 456 g/mol. The van der Waals surface area contributed by atoms with Crippen LogP contribution < -0.4 is 26.7 Å². The number of fused-ring (bicyclic) bond motifs is 1. The zero-order chi connectivity index (χ0) is 23.5. The maximum Gasteiger partial charge on any atom is 0.350 e. The van der Waals surface area contributed by atoms with Crippen molar-refractivity contribution in [1.82, 2.24) is 14.1 Å². The number of rotatable bonds is 8. The van der Waals surface area contributed by atoms with Crippen LogP contribution in [-0.2, 0) is 0 Å². The van der Waals surface area contributed by atoms with Crippen molar-refractivity contribution >= 4 is 16.6 Å². The fourth-order valence-electron chi connectivity index (χ4n) is 5.59. The molecule has 0 bridgehead atoms. The van der Waals surface area contributed by atoms with E-state index < -0.39 is 17.1 Å². The summed E-state index contributed by atoms with van der Waals surface area (Å²) in [6.45, 7) is 5.05. The average Bonchev–Trinajstić information content (AvgIpc) is 3.69. The molecule has 1 saturated heterocycles. The van der Waals surface area contributed by atoms with Crippen LogP contribution >= 0.6 is 0 Å². The lowest BCUT2D eigenvalue weighted by atomic mass is 9.86. The van der Waals surface area contributed by atoms with Gasteiger partial charge in [-0.15, -0.1) is 0 Å². The molecule has 3 fully saturated rings. The lowest BCUT2D eigenvalue weighted by molar-refractivity contribution is 0.109. The summed E-state index contributed by atoms with van der Waals surface area (Å²) in [6, 6.07) is 3.35. The number of nitrogens with two attached hydrogens (primary N) is 1. The van der Waals surface area contributed by atoms with E-state index in [1.165, 1.54) is 17.7 Å². The van der Waals surface area contributed by atoms with Crippen molar-refractivity contribution in [2.24, 2.45) is 5.92 Å². The number of anilines is 1. The molecular formula is C23H29FN6O3. The molecule has 10 heteroatoms. The highest BCUT2D eigenvalue weighted by molar-refractivity contribution is 5.91. The lowest BCUT2D eigenvalue weighted by Gasteiger charge is -2.49. The molecule has 2 aliphatic carbocycles. The van der Waals surface area contributed by atoms with E-state index in [0.717, 1.165) is 38.8 Å². The van der Waals surface area contributed by atoms with Crippen molar-refractivity contribution < 1.29 is 9.13 Å². The van der Waals surface area contributed by atoms with Crippen LogP contribution in [0.1, 0.15) is 45.1 Å². The van der Waals surface area contributed by atoms with Crippen LogP contribution in [0.5, 0.6) is 5.75 Å². The van der Waals surface area contributed by atoms with Crippen LogP contribution in [0.4, 0.5) is 10.1 Å². The summed E-state index contributed by atoms with van der Waals surface area (Å²) in [4.78, 5) is 29.8. The predicted molar refractivity (Wildman–Crippen MR) is 123 cm³/mol. The van der Waals surface area contributed by atoms with Crippen molar-refractivity contribution in [2.75, 3.05) is 44.0 Å². The molecule has 0 unspecified atom stereocenters. The van der Waals surface area contributed by atoms with E-state index in [1.807, 2.05) is 4.90 Å². The fourth-order valence-corrected chi connectivity index (χ4v) is 5.59. The number of ether oxygens (including phenoxy) is 1. The number of methoxy groups -OCH3 is 1. The fraction of sp³-hybridized carbons (Fsp3) is 0.609. The first-order valence-corrected chi connectivity index (χ1v) is 11.6. The second kappa shape index (κ2) is 7.76. The summed E-state index contributed by atoms with van der Waals surface area (Å²) in [6.07, 6.45) is 4.26. The van der Waals surface area contributed by atoms with E-state index in [2.05, 4.69) is 17.9 Å². The first-order valence-electron chi connectivity index (χ1n) is 11.6. The van der Waals surface area contributed by atoms with Crippen molar-refractivity contribution in [3.05, 3.63) is 32.7 Å². The van der Waals surface area contributed by atoms with Gasteiger partial charge in [0.2, 0.25) is 0 Å². The van der Waals surface area contributed by atoms with E-state index in [1.54, 1.807) is 0 Å². The number of aromatic nitrogens is 2. The zero-order valence-corrected chi connectivity index (χ0v) is 19.0. The van der Waals surface area contributed by atoms with Gasteiger partial charge in [0.25, 0.3) is 5.56 Å². The summed E-state index contributed by atoms with van der Waals surface area (Å²) < 4.78 is 23.1. The van der Waals surface area contributed by atoms with Gasteiger partial charge in [0.05, 0.1) is 18.6 Å². The Kier molecular flexibility index (Phi) is 5.12. The van der Waals surface area contributed by atoms with E-state index in [4.69, 9.17) is 15.8 Å². The van der Waals surface area contributed by atoms with E-state index in [9.17, 15) is 9.59 Å². The third-order valence-corrected chi connectivity index (χ3v) is 7.63. The number of nitriles is 1. The molecule has 2 heterocycles. The van der Waals surface area contributed by atoms with Gasteiger partial charge in [-0.05, 0) is 38.3 Å². The van der Waals surface area contributed by atoms with Gasteiger partial charge in [0.1, 0.15) is 11.2 Å². The summed E-state index contributed by atoms with van der Waals surface area (Å²) >= 11 is 0. The molecule has 176 valence electrons. The topological polar surface area (TPSA) is 110 Å². The molecule has 2 N–H and O–H groups in total. The maximum atomic E-state index is 15.4. The molecule has 1 aromatic heterocycles. The van der Waals surface area contributed by atoms with Gasteiger partial charge < -0.3 is 15.5 Å². The second-order valence-electron chi connectivity index (χ2n) is 9.39. The predicted octanol–water partition coefficient (Wildman–Crippen LogP) is 1.56. The van der Waals surface area contributed by atoms with Crippen LogP contribution in [0.2, 0.25) is 0 Å². The van der Waals surface area contributed by atoms with Crippen molar-refractivity contribution in [1.29, 1.82) is 5.26 Å². The highest BCUT2D eigenvalue weighted by atomic mass is 19.1. The number of benzene rings is 1. The highest BCUT2D eigenvalue weighted by Gasteiger charge is 2.57. The van der Waals surface area contributed by atoms with Crippen LogP contribution in [0, 0.1) is 23.1 Å². The SMILES string of the molecule is CCN(CCC#N)C1(C2CN(c3c(F)cc4c(=O)n(N)c(=O)n(C5CC5)c4c3OC)C2)CC1. The van der Waals surface area contributed by atoms with Crippen molar-refractivity contribution in [3.63, 3.8) is 0 Å². The number of halogens is 1. The van der Waals surface area contributed by atoms with Crippen molar-refractivity contribution in [3.8, 4) is 11.8 Å². The van der Waals surface area contributed by atoms with Crippen LogP contribution in [-0.4, -0.2) is 53.0 Å². The number of hydrogen-bond donors (Lipinski definition) is 1. The second-order valence-corrected chi connectivity index (χ2v) is 9.39. The molecule has 0 radical (unpaired) electrons. The van der Waals surface area contributed by atoms with Crippen LogP contribution in [0.3, 0.4) is 0 Å². The summed E-state index contributed by atoms with van der Waals surface area (Å²) in [5.74, 6) is 5.73. The summed E-state index contributed by atoms with van der Waals surface area (Å²) in [5.41, 5.74) is -0.654. The van der Waals surface area contributed by atoms with Gasteiger partial charge in [0, 0.05) is 43.6 Å². The van der Waals surface area contributed by atoms with Gasteiger partial charge >= 0.3 is 5.69 Å². The van der Waals surface area contributed by atoms with Gasteiger partial charge in [-0.3, -0.25) is 14.3 Å². The molecule has 5 rings (SSSR count). The van der Waals surface area contributed by atoms with Gasteiger partial charge in [-0.25, -0.2) is 9.18 Å². The molecule has 1 aliphatic heterocycles. The lowest BCUT2D eigenvalue weighted by Crippen LogP contribution is -2.59. The van der Waals surface area contributed by atoms with E-state index in [-0.39, 0.29) is 22.7 Å². The molecule has 9 nitrogen and oxygen atoms in total. The Morgan fingerprint density at radius 1 is 1.33 bits per heavy atom. The third kappa shape index (κ3) is 3.21.